The zero-order valence-corrected chi connectivity index (χ0v) is 24.6. The van der Waals surface area contributed by atoms with Crippen molar-refractivity contribution < 1.29 is 4.79 Å². The second kappa shape index (κ2) is 14.1. The van der Waals surface area contributed by atoms with Gasteiger partial charge in [0.25, 0.3) is 5.91 Å². The van der Waals surface area contributed by atoms with Crippen LogP contribution >= 0.6 is 11.8 Å². The van der Waals surface area contributed by atoms with Crippen molar-refractivity contribution in [3.63, 3.8) is 0 Å². The van der Waals surface area contributed by atoms with Gasteiger partial charge in [0.2, 0.25) is 0 Å². The number of amides is 1. The first kappa shape index (κ1) is 28.6. The fourth-order valence-electron chi connectivity index (χ4n) is 4.85. The summed E-state index contributed by atoms with van der Waals surface area (Å²) >= 11 is 1.63. The molecular formula is C34H37N5OS. The second-order valence-corrected chi connectivity index (χ2v) is 11.3. The number of hydrogen-bond donors (Lipinski definition) is 0. The van der Waals surface area contributed by atoms with Crippen LogP contribution < -0.4 is 4.90 Å². The molecule has 0 saturated carbocycles. The summed E-state index contributed by atoms with van der Waals surface area (Å²) in [6, 6.07) is 30.5. The van der Waals surface area contributed by atoms with E-state index in [0.717, 1.165) is 66.3 Å². The lowest BCUT2D eigenvalue weighted by atomic mass is 10.1. The van der Waals surface area contributed by atoms with Gasteiger partial charge in [0.15, 0.2) is 5.16 Å². The summed E-state index contributed by atoms with van der Waals surface area (Å²) in [6.07, 6.45) is 4.44. The lowest BCUT2D eigenvalue weighted by Gasteiger charge is -2.35. The number of benzene rings is 3. The largest absolute Gasteiger partial charge is 0.354 e. The van der Waals surface area contributed by atoms with Crippen LogP contribution in [0.15, 0.2) is 102 Å². The Morgan fingerprint density at radius 3 is 2.27 bits per heavy atom. The Bertz CT molecular complexity index is 1440. The summed E-state index contributed by atoms with van der Waals surface area (Å²) in [6.45, 7) is 7.51. The minimum atomic E-state index is 0.0204. The molecule has 1 aliphatic rings. The first-order valence-electron chi connectivity index (χ1n) is 14.1. The van der Waals surface area contributed by atoms with Gasteiger partial charge in [-0.05, 0) is 35.7 Å². The average Bonchev–Trinajstić information content (AvgIpc) is 3.01. The van der Waals surface area contributed by atoms with Crippen molar-refractivity contribution in [3.05, 3.63) is 125 Å². The van der Waals surface area contributed by atoms with Crippen molar-refractivity contribution >= 4 is 29.6 Å². The molecule has 1 aromatic heterocycles. The fourth-order valence-corrected chi connectivity index (χ4v) is 5.71. The van der Waals surface area contributed by atoms with E-state index in [0.29, 0.717) is 12.1 Å². The Hall–Kier alpha value is -3.94. The maximum atomic E-state index is 12.9. The van der Waals surface area contributed by atoms with Gasteiger partial charge in [-0.3, -0.25) is 9.69 Å². The molecule has 3 aromatic carbocycles. The molecule has 1 saturated heterocycles. The molecule has 210 valence electrons. The summed E-state index contributed by atoms with van der Waals surface area (Å²) in [4.78, 5) is 29.1. The van der Waals surface area contributed by atoms with Crippen LogP contribution in [-0.4, -0.2) is 65.4 Å². The van der Waals surface area contributed by atoms with Gasteiger partial charge in [-0.2, -0.15) is 0 Å². The molecule has 0 N–H and O–H groups in total. The van der Waals surface area contributed by atoms with E-state index in [2.05, 4.69) is 57.3 Å². The molecule has 6 nitrogen and oxygen atoms in total. The van der Waals surface area contributed by atoms with Crippen molar-refractivity contribution in [1.82, 2.24) is 19.8 Å². The summed E-state index contributed by atoms with van der Waals surface area (Å²) < 4.78 is 0. The van der Waals surface area contributed by atoms with E-state index in [1.807, 2.05) is 74.6 Å². The van der Waals surface area contributed by atoms with Crippen molar-refractivity contribution in [2.75, 3.05) is 44.7 Å². The SMILES string of the molecule is Cc1cc(N2CCN(C/C=C/c3ccccc3)CC2)nc(SCc2ccc(C(=O)N(C)Cc3ccccc3)cc2)n1. The molecule has 2 heterocycles. The standard InChI is InChI=1S/C34H37N5OS/c1-27-24-32(39-22-20-38(21-23-39)19-9-14-28-10-5-3-6-11-28)36-34(35-27)41-26-30-15-17-31(18-16-30)33(40)37(2)25-29-12-7-4-8-13-29/h3-18,24H,19-23,25-26H2,1-2H3/b14-9+. The second-order valence-electron chi connectivity index (χ2n) is 10.4. The van der Waals surface area contributed by atoms with E-state index < -0.39 is 0 Å². The smallest absolute Gasteiger partial charge is 0.253 e. The minimum Gasteiger partial charge on any atom is -0.354 e. The lowest BCUT2D eigenvalue weighted by Crippen LogP contribution is -2.46. The van der Waals surface area contributed by atoms with Gasteiger partial charge in [0.1, 0.15) is 5.82 Å². The summed E-state index contributed by atoms with van der Waals surface area (Å²) in [5.74, 6) is 1.77. The average molecular weight is 564 g/mol. The molecular weight excluding hydrogens is 526 g/mol. The van der Waals surface area contributed by atoms with Crippen LogP contribution in [0.1, 0.15) is 32.7 Å². The number of rotatable bonds is 10. The van der Waals surface area contributed by atoms with Crippen LogP contribution in [0.3, 0.4) is 0 Å². The summed E-state index contributed by atoms with van der Waals surface area (Å²) in [5.41, 5.74) is 5.17. The summed E-state index contributed by atoms with van der Waals surface area (Å²) in [5, 5.41) is 0.788. The Morgan fingerprint density at radius 1 is 0.878 bits per heavy atom. The number of hydrogen-bond acceptors (Lipinski definition) is 6. The van der Waals surface area contributed by atoms with Crippen LogP contribution in [0.25, 0.3) is 6.08 Å². The number of anilines is 1. The predicted molar refractivity (Wildman–Crippen MR) is 169 cm³/mol. The highest BCUT2D eigenvalue weighted by Crippen LogP contribution is 2.24. The summed E-state index contributed by atoms with van der Waals surface area (Å²) in [7, 11) is 1.84. The molecule has 1 amide bonds. The molecule has 41 heavy (non-hydrogen) atoms. The topological polar surface area (TPSA) is 52.6 Å². The van der Waals surface area contributed by atoms with Crippen molar-refractivity contribution in [3.8, 4) is 0 Å². The molecule has 1 fully saturated rings. The van der Waals surface area contributed by atoms with Gasteiger partial charge in [-0.25, -0.2) is 9.97 Å². The zero-order valence-electron chi connectivity index (χ0n) is 23.8. The number of carbonyl (C=O) groups is 1. The zero-order chi connectivity index (χ0) is 28.4. The first-order valence-corrected chi connectivity index (χ1v) is 15.1. The van der Waals surface area contributed by atoms with Crippen LogP contribution in [0.5, 0.6) is 0 Å². The maximum Gasteiger partial charge on any atom is 0.253 e. The number of aryl methyl sites for hydroxylation is 1. The lowest BCUT2D eigenvalue weighted by molar-refractivity contribution is 0.0785. The third-order valence-corrected chi connectivity index (χ3v) is 8.09. The van der Waals surface area contributed by atoms with Crippen LogP contribution in [-0.2, 0) is 12.3 Å². The molecule has 4 aromatic rings. The Kier molecular flexibility index (Phi) is 9.83. The molecule has 7 heteroatoms. The number of thioether (sulfide) groups is 1. The monoisotopic (exact) mass is 563 g/mol. The van der Waals surface area contributed by atoms with Gasteiger partial charge >= 0.3 is 0 Å². The molecule has 0 radical (unpaired) electrons. The number of nitrogens with zero attached hydrogens (tertiary/aromatic N) is 5. The van der Waals surface area contributed by atoms with Gasteiger partial charge in [-0.15, -0.1) is 0 Å². The van der Waals surface area contributed by atoms with E-state index in [4.69, 9.17) is 4.98 Å². The Labute approximate surface area is 247 Å². The van der Waals surface area contributed by atoms with Gasteiger partial charge in [0, 0.05) is 69.4 Å². The van der Waals surface area contributed by atoms with Crippen LogP contribution in [0, 0.1) is 6.92 Å². The van der Waals surface area contributed by atoms with Crippen molar-refractivity contribution in [1.29, 1.82) is 0 Å². The van der Waals surface area contributed by atoms with Crippen LogP contribution in [0.4, 0.5) is 5.82 Å². The Balaban J connectivity index is 1.11. The highest BCUT2D eigenvalue weighted by atomic mass is 32.2. The highest BCUT2D eigenvalue weighted by molar-refractivity contribution is 7.98. The third-order valence-electron chi connectivity index (χ3n) is 7.17. The van der Waals surface area contributed by atoms with E-state index in [1.165, 1.54) is 5.56 Å². The van der Waals surface area contributed by atoms with Crippen molar-refractivity contribution in [2.24, 2.45) is 0 Å². The Morgan fingerprint density at radius 2 is 1.56 bits per heavy atom. The fraction of sp³-hybridized carbons (Fsp3) is 0.265. The highest BCUT2D eigenvalue weighted by Gasteiger charge is 2.18. The van der Waals surface area contributed by atoms with Gasteiger partial charge in [-0.1, -0.05) is 96.7 Å². The van der Waals surface area contributed by atoms with E-state index in [1.54, 1.807) is 16.7 Å². The molecule has 1 aliphatic heterocycles. The minimum absolute atomic E-state index is 0.0204. The molecule has 0 unspecified atom stereocenters. The molecule has 5 rings (SSSR count). The number of piperazine rings is 1. The maximum absolute atomic E-state index is 12.9. The van der Waals surface area contributed by atoms with E-state index in [9.17, 15) is 4.79 Å². The molecule has 0 bridgehead atoms. The number of aromatic nitrogens is 2. The van der Waals surface area contributed by atoms with Crippen LogP contribution in [0.2, 0.25) is 0 Å². The molecule has 0 aliphatic carbocycles. The molecule has 0 atom stereocenters. The number of carbonyl (C=O) groups excluding carboxylic acids is 1. The van der Waals surface area contributed by atoms with E-state index in [-0.39, 0.29) is 5.91 Å². The first-order chi connectivity index (χ1) is 20.0. The van der Waals surface area contributed by atoms with Crippen molar-refractivity contribution in [2.45, 2.75) is 24.4 Å². The van der Waals surface area contributed by atoms with Gasteiger partial charge < -0.3 is 9.80 Å². The molecule has 0 spiro atoms. The quantitative estimate of drug-likeness (QED) is 0.170. The van der Waals surface area contributed by atoms with Gasteiger partial charge in [0.05, 0.1) is 0 Å². The third kappa shape index (κ3) is 8.28. The normalized spacial score (nSPS) is 14.0. The van der Waals surface area contributed by atoms with E-state index >= 15 is 0 Å². The predicted octanol–water partition coefficient (Wildman–Crippen LogP) is 6.18.